The van der Waals surface area contributed by atoms with Crippen molar-refractivity contribution in [1.29, 1.82) is 0 Å². The van der Waals surface area contributed by atoms with Crippen LogP contribution in [0, 0.1) is 25.5 Å². The number of nitrogens with zero attached hydrogens (tertiary/aromatic N) is 3. The van der Waals surface area contributed by atoms with Gasteiger partial charge < -0.3 is 4.74 Å². The second kappa shape index (κ2) is 24.3. The minimum absolute atomic E-state index is 0. The molecule has 0 saturated heterocycles. The Bertz CT molecular complexity index is 2020. The number of thiophene rings is 2. The summed E-state index contributed by atoms with van der Waals surface area (Å²) in [6.07, 6.45) is 32.7. The van der Waals surface area contributed by atoms with Gasteiger partial charge in [-0.1, -0.05) is 136 Å². The Labute approximate surface area is 350 Å². The number of halogens is 2. The van der Waals surface area contributed by atoms with Crippen LogP contribution < -0.4 is 4.74 Å². The molecule has 0 aliphatic heterocycles. The van der Waals surface area contributed by atoms with Crippen molar-refractivity contribution >= 4 is 51.9 Å². The van der Waals surface area contributed by atoms with Crippen molar-refractivity contribution in [3.63, 3.8) is 0 Å². The summed E-state index contributed by atoms with van der Waals surface area (Å²) < 4.78 is 38.1. The fourth-order valence-corrected chi connectivity index (χ4v) is 9.32. The Morgan fingerprint density at radius 3 is 1.65 bits per heavy atom. The molecule has 57 heavy (non-hydrogen) atoms. The first-order valence-electron chi connectivity index (χ1n) is 21.3. The van der Waals surface area contributed by atoms with Crippen LogP contribution >= 0.6 is 22.7 Å². The third-order valence-electron chi connectivity index (χ3n) is 10.6. The lowest BCUT2D eigenvalue weighted by molar-refractivity contribution is 0.303. The molecule has 4 nitrogen and oxygen atoms in total. The highest BCUT2D eigenvalue weighted by atomic mass is 32.1. The van der Waals surface area contributed by atoms with Gasteiger partial charge in [0.1, 0.15) is 16.8 Å². The number of aryl methyl sites for hydroxylation is 3. The van der Waals surface area contributed by atoms with E-state index in [0.717, 1.165) is 33.1 Å². The van der Waals surface area contributed by atoms with E-state index in [1.165, 1.54) is 142 Å². The third kappa shape index (κ3) is 13.5. The molecule has 2 aromatic carbocycles. The average molecular weight is 816 g/mol. The summed E-state index contributed by atoms with van der Waals surface area (Å²) >= 11 is 2.82. The maximum Gasteiger partial charge on any atom is 0.170 e. The van der Waals surface area contributed by atoms with Crippen LogP contribution in [-0.2, 0) is 7.05 Å². The molecular weight excluding hydrogens is 749 g/mol. The fraction of sp³-hybridized carbons (Fsp3) is 0.510. The normalized spacial score (nSPS) is 11.8. The quantitative estimate of drug-likeness (QED) is 0.0551. The number of hydrogen-bond acceptors (Lipinski definition) is 5. The first-order valence-corrected chi connectivity index (χ1v) is 22.9. The van der Waals surface area contributed by atoms with Crippen molar-refractivity contribution in [3.05, 3.63) is 80.6 Å². The lowest BCUT2D eigenvalue weighted by Gasteiger charge is -2.13. The predicted octanol–water partition coefficient (Wildman–Crippen LogP) is 16.6. The largest absolute Gasteiger partial charge is 0.493 e. The number of benzene rings is 2. The van der Waals surface area contributed by atoms with Crippen LogP contribution in [0.15, 0.2) is 42.5 Å². The van der Waals surface area contributed by atoms with Crippen LogP contribution in [0.25, 0.3) is 50.1 Å². The summed E-state index contributed by atoms with van der Waals surface area (Å²) in [6.45, 7) is 9.06. The Kier molecular flexibility index (Phi) is 19.7. The number of ether oxygens (including phenoxy) is 1. The van der Waals surface area contributed by atoms with E-state index in [0.29, 0.717) is 27.4 Å². The van der Waals surface area contributed by atoms with E-state index >= 15 is 8.78 Å². The summed E-state index contributed by atoms with van der Waals surface area (Å²) in [7, 11) is 1.68. The smallest absolute Gasteiger partial charge is 0.170 e. The molecule has 310 valence electrons. The third-order valence-corrected chi connectivity index (χ3v) is 12.7. The van der Waals surface area contributed by atoms with E-state index in [2.05, 4.69) is 54.4 Å². The van der Waals surface area contributed by atoms with E-state index in [4.69, 9.17) is 4.74 Å². The fourth-order valence-electron chi connectivity index (χ4n) is 7.46. The van der Waals surface area contributed by atoms with Gasteiger partial charge in [0.2, 0.25) is 0 Å². The van der Waals surface area contributed by atoms with Crippen LogP contribution in [0.2, 0.25) is 0 Å². The van der Waals surface area contributed by atoms with Gasteiger partial charge in [-0.05, 0) is 86.9 Å². The van der Waals surface area contributed by atoms with E-state index in [-0.39, 0.29) is 18.6 Å². The molecule has 0 fully saturated rings. The van der Waals surface area contributed by atoms with E-state index in [1.54, 1.807) is 7.05 Å². The number of aromatic nitrogens is 3. The average Bonchev–Trinajstić information content (AvgIpc) is 3.93. The van der Waals surface area contributed by atoms with Crippen molar-refractivity contribution in [2.24, 2.45) is 7.05 Å². The van der Waals surface area contributed by atoms with Gasteiger partial charge in [0.25, 0.3) is 0 Å². The summed E-state index contributed by atoms with van der Waals surface area (Å²) in [5.41, 5.74) is 4.33. The molecule has 0 unspecified atom stereocenters. The SMILES string of the molecule is C.C/C=C/c1cc(OCCCCCCCCCCCCCCCCCCCC)c(/C=C/c2ccc(-c3c(F)c(F)c(-c4ccc(C)s4)c4nn(C)nc34)s2)cc1C. The summed E-state index contributed by atoms with van der Waals surface area (Å²) in [4.78, 5) is 4.56. The summed E-state index contributed by atoms with van der Waals surface area (Å²) in [5.74, 6) is -0.937. The maximum atomic E-state index is 15.9. The second-order valence-electron chi connectivity index (χ2n) is 15.3. The number of hydrogen-bond donors (Lipinski definition) is 0. The topological polar surface area (TPSA) is 39.9 Å². The summed E-state index contributed by atoms with van der Waals surface area (Å²) in [5, 5.41) is 8.95. The first kappa shape index (κ1) is 46.1. The first-order chi connectivity index (χ1) is 27.3. The molecule has 0 radical (unpaired) electrons. The number of fused-ring (bicyclic) bond motifs is 1. The van der Waals surface area contributed by atoms with Crippen molar-refractivity contribution in [2.45, 2.75) is 151 Å². The van der Waals surface area contributed by atoms with Gasteiger partial charge in [0.15, 0.2) is 11.6 Å². The van der Waals surface area contributed by atoms with E-state index in [1.807, 2.05) is 44.2 Å². The highest BCUT2D eigenvalue weighted by molar-refractivity contribution is 7.16. The lowest BCUT2D eigenvalue weighted by atomic mass is 10.0. The predicted molar refractivity (Wildman–Crippen MR) is 246 cm³/mol. The van der Waals surface area contributed by atoms with Gasteiger partial charge in [-0.15, -0.1) is 22.7 Å². The van der Waals surface area contributed by atoms with E-state index < -0.39 is 11.6 Å². The van der Waals surface area contributed by atoms with Crippen LogP contribution in [0.3, 0.4) is 0 Å². The molecule has 3 aromatic heterocycles. The molecular formula is C49H67F2N3OS2. The van der Waals surface area contributed by atoms with Gasteiger partial charge in [-0.2, -0.15) is 15.0 Å². The van der Waals surface area contributed by atoms with Crippen LogP contribution in [-0.4, -0.2) is 21.6 Å². The second-order valence-corrected chi connectivity index (χ2v) is 17.7. The molecule has 0 amide bonds. The Morgan fingerprint density at radius 2 is 1.14 bits per heavy atom. The van der Waals surface area contributed by atoms with Gasteiger partial charge in [-0.25, -0.2) is 8.78 Å². The standard InChI is InChI=1S/C48H63F2N3OS2.CH4/c1-6-8-9-10-11-12-13-14-15-16-17-18-19-20-21-22-23-24-32-54-40-34-37(25-7-2)35(3)33-38(40)27-28-39-29-31-42(56-39)44-46(50)45(49)43(41-30-26-36(4)55-41)47-48(44)52-53(5)51-47;/h7,25-31,33-34H,6,8-24,32H2,1-5H3;1H4/b25-7+,28-27+;. The molecule has 0 aliphatic carbocycles. The minimum Gasteiger partial charge on any atom is -0.493 e. The molecule has 5 rings (SSSR count). The molecule has 8 heteroatoms. The van der Waals surface area contributed by atoms with Crippen molar-refractivity contribution in [2.75, 3.05) is 6.61 Å². The number of unbranched alkanes of at least 4 members (excludes halogenated alkanes) is 17. The molecule has 0 aliphatic rings. The zero-order chi connectivity index (χ0) is 39.7. The van der Waals surface area contributed by atoms with E-state index in [9.17, 15) is 0 Å². The molecule has 0 spiro atoms. The Balaban J connectivity index is 0.00000720. The number of allylic oxidation sites excluding steroid dienone is 1. The zero-order valence-corrected chi connectivity index (χ0v) is 36.2. The van der Waals surface area contributed by atoms with Crippen LogP contribution in [0.1, 0.15) is 163 Å². The summed E-state index contributed by atoms with van der Waals surface area (Å²) in [6, 6.07) is 11.8. The molecule has 3 heterocycles. The van der Waals surface area contributed by atoms with Crippen LogP contribution in [0.5, 0.6) is 5.75 Å². The molecule has 0 atom stereocenters. The van der Waals surface area contributed by atoms with Gasteiger partial charge in [0, 0.05) is 32.1 Å². The van der Waals surface area contributed by atoms with Crippen molar-refractivity contribution in [1.82, 2.24) is 15.0 Å². The molecule has 0 saturated carbocycles. The van der Waals surface area contributed by atoms with Gasteiger partial charge >= 0.3 is 0 Å². The Morgan fingerprint density at radius 1 is 0.632 bits per heavy atom. The van der Waals surface area contributed by atoms with Gasteiger partial charge in [-0.3, -0.25) is 0 Å². The maximum absolute atomic E-state index is 15.9. The zero-order valence-electron chi connectivity index (χ0n) is 34.5. The highest BCUT2D eigenvalue weighted by Crippen LogP contribution is 2.43. The monoisotopic (exact) mass is 815 g/mol. The van der Waals surface area contributed by atoms with Crippen molar-refractivity contribution in [3.8, 4) is 26.6 Å². The lowest BCUT2D eigenvalue weighted by Crippen LogP contribution is -2.00. The molecule has 0 N–H and O–H groups in total. The van der Waals surface area contributed by atoms with Crippen LogP contribution in [0.4, 0.5) is 8.78 Å². The Hall–Kier alpha value is -3.62. The number of rotatable bonds is 25. The van der Waals surface area contributed by atoms with Gasteiger partial charge in [0.05, 0.1) is 17.7 Å². The highest BCUT2D eigenvalue weighted by Gasteiger charge is 2.27. The molecule has 5 aromatic rings. The minimum atomic E-state index is -0.901. The van der Waals surface area contributed by atoms with Crippen molar-refractivity contribution < 1.29 is 13.5 Å². The molecule has 0 bridgehead atoms.